The van der Waals surface area contributed by atoms with Crippen LogP contribution in [0.25, 0.3) is 10.9 Å². The third-order valence-corrected chi connectivity index (χ3v) is 5.94. The summed E-state index contributed by atoms with van der Waals surface area (Å²) in [6.45, 7) is 9.87. The van der Waals surface area contributed by atoms with Gasteiger partial charge in [-0.1, -0.05) is 44.0 Å². The van der Waals surface area contributed by atoms with E-state index < -0.39 is 0 Å². The Morgan fingerprint density at radius 1 is 1.04 bits per heavy atom. The maximum atomic E-state index is 4.85. The molecule has 1 aromatic carbocycles. The van der Waals surface area contributed by atoms with Crippen LogP contribution in [0.1, 0.15) is 48.6 Å². The number of hydrogen-bond acceptors (Lipinski definition) is 2. The zero-order valence-electron chi connectivity index (χ0n) is 16.3. The topological polar surface area (TPSA) is 21.1 Å². The van der Waals surface area contributed by atoms with E-state index in [0.717, 1.165) is 31.9 Å². The molecule has 3 aromatic rings. The summed E-state index contributed by atoms with van der Waals surface area (Å²) in [5.41, 5.74) is 7.05. The van der Waals surface area contributed by atoms with E-state index in [2.05, 4.69) is 60.6 Å². The van der Waals surface area contributed by atoms with Crippen LogP contribution < -0.4 is 4.90 Å². The molecular formula is C23H29N3. The van der Waals surface area contributed by atoms with Crippen molar-refractivity contribution in [2.24, 2.45) is 0 Å². The zero-order chi connectivity index (χ0) is 18.1. The van der Waals surface area contributed by atoms with Gasteiger partial charge in [0.2, 0.25) is 0 Å². The van der Waals surface area contributed by atoms with Gasteiger partial charge in [-0.2, -0.15) is 0 Å². The molecule has 1 aliphatic heterocycles. The summed E-state index contributed by atoms with van der Waals surface area (Å²) < 4.78 is 2.52. The van der Waals surface area contributed by atoms with E-state index in [4.69, 9.17) is 4.98 Å². The highest BCUT2D eigenvalue weighted by Crippen LogP contribution is 2.34. The number of rotatable bonds is 5. The highest BCUT2D eigenvalue weighted by atomic mass is 15.2. The first-order valence-electron chi connectivity index (χ1n) is 9.96. The zero-order valence-corrected chi connectivity index (χ0v) is 16.3. The number of aryl methyl sites for hydroxylation is 2. The molecule has 0 fully saturated rings. The molecule has 0 bridgehead atoms. The molecule has 0 amide bonds. The van der Waals surface area contributed by atoms with Crippen LogP contribution in [0.2, 0.25) is 0 Å². The van der Waals surface area contributed by atoms with E-state index in [1.165, 1.54) is 52.5 Å². The Hall–Kier alpha value is -2.29. The third-order valence-electron chi connectivity index (χ3n) is 5.94. The van der Waals surface area contributed by atoms with Crippen molar-refractivity contribution in [2.45, 2.75) is 59.5 Å². The lowest BCUT2D eigenvalue weighted by atomic mass is 10.00. The lowest BCUT2D eigenvalue weighted by Crippen LogP contribution is -2.31. The number of unbranched alkanes of at least 4 members (excludes halogenated alkanes) is 2. The van der Waals surface area contributed by atoms with Gasteiger partial charge in [0.1, 0.15) is 0 Å². The lowest BCUT2D eigenvalue weighted by Gasteiger charge is -2.30. The Labute approximate surface area is 156 Å². The van der Waals surface area contributed by atoms with Crippen LogP contribution >= 0.6 is 0 Å². The fourth-order valence-corrected chi connectivity index (χ4v) is 4.28. The summed E-state index contributed by atoms with van der Waals surface area (Å²) in [6.07, 6.45) is 6.86. The summed E-state index contributed by atoms with van der Waals surface area (Å²) in [5.74, 6) is 1.16. The second-order valence-corrected chi connectivity index (χ2v) is 7.54. The molecule has 0 saturated heterocycles. The fourth-order valence-electron chi connectivity index (χ4n) is 4.28. The SMILES string of the molecule is CCCCCn1c(C)c(C)c2ccnc(N3CCc4ccccc4C3)c21. The first-order valence-corrected chi connectivity index (χ1v) is 9.96. The molecular weight excluding hydrogens is 318 g/mol. The number of benzene rings is 1. The summed E-state index contributed by atoms with van der Waals surface area (Å²) in [6, 6.07) is 11.0. The van der Waals surface area contributed by atoms with E-state index in [1.807, 2.05) is 6.20 Å². The average molecular weight is 348 g/mol. The van der Waals surface area contributed by atoms with Crippen molar-refractivity contribution in [2.75, 3.05) is 11.4 Å². The van der Waals surface area contributed by atoms with Gasteiger partial charge in [0.05, 0.1) is 5.52 Å². The summed E-state index contributed by atoms with van der Waals surface area (Å²) in [7, 11) is 0. The second kappa shape index (κ2) is 7.14. The molecule has 3 heteroatoms. The molecule has 4 rings (SSSR count). The van der Waals surface area contributed by atoms with E-state index in [9.17, 15) is 0 Å². The van der Waals surface area contributed by atoms with Crippen LogP contribution in [0.4, 0.5) is 5.82 Å². The monoisotopic (exact) mass is 347 g/mol. The van der Waals surface area contributed by atoms with Gasteiger partial charge in [-0.15, -0.1) is 0 Å². The molecule has 0 saturated carbocycles. The Balaban J connectivity index is 1.77. The van der Waals surface area contributed by atoms with Gasteiger partial charge in [0.25, 0.3) is 0 Å². The summed E-state index contributed by atoms with van der Waals surface area (Å²) in [4.78, 5) is 7.32. The van der Waals surface area contributed by atoms with E-state index in [-0.39, 0.29) is 0 Å². The Morgan fingerprint density at radius 2 is 1.85 bits per heavy atom. The smallest absolute Gasteiger partial charge is 0.153 e. The maximum absolute atomic E-state index is 4.85. The molecule has 136 valence electrons. The molecule has 1 aliphatic rings. The minimum absolute atomic E-state index is 0.959. The van der Waals surface area contributed by atoms with Crippen LogP contribution in [-0.2, 0) is 19.5 Å². The number of nitrogens with zero attached hydrogens (tertiary/aromatic N) is 3. The van der Waals surface area contributed by atoms with Crippen LogP contribution in [0.15, 0.2) is 36.5 Å². The van der Waals surface area contributed by atoms with Crippen LogP contribution in [0, 0.1) is 13.8 Å². The van der Waals surface area contributed by atoms with Crippen LogP contribution in [0.3, 0.4) is 0 Å². The van der Waals surface area contributed by atoms with Gasteiger partial charge in [-0.3, -0.25) is 0 Å². The number of anilines is 1. The Kier molecular flexibility index (Phi) is 4.71. The molecule has 3 nitrogen and oxygen atoms in total. The van der Waals surface area contributed by atoms with Gasteiger partial charge < -0.3 is 9.47 Å². The van der Waals surface area contributed by atoms with Gasteiger partial charge in [-0.25, -0.2) is 4.98 Å². The molecule has 0 unspecified atom stereocenters. The van der Waals surface area contributed by atoms with Crippen molar-refractivity contribution in [1.82, 2.24) is 9.55 Å². The van der Waals surface area contributed by atoms with Gasteiger partial charge >= 0.3 is 0 Å². The Morgan fingerprint density at radius 3 is 2.65 bits per heavy atom. The standard InChI is InChI=1S/C23H29N3/c1-4-5-8-14-26-18(3)17(2)21-11-13-24-23(22(21)26)25-15-12-19-9-6-7-10-20(19)16-25/h6-7,9-11,13H,4-5,8,12,14-16H2,1-3H3. The molecule has 26 heavy (non-hydrogen) atoms. The van der Waals surface area contributed by atoms with Crippen LogP contribution in [-0.4, -0.2) is 16.1 Å². The third kappa shape index (κ3) is 2.90. The predicted molar refractivity (Wildman–Crippen MR) is 110 cm³/mol. The van der Waals surface area contributed by atoms with Crippen molar-refractivity contribution < 1.29 is 0 Å². The number of pyridine rings is 1. The van der Waals surface area contributed by atoms with E-state index >= 15 is 0 Å². The molecule has 0 aliphatic carbocycles. The molecule has 3 heterocycles. The molecule has 0 atom stereocenters. The first kappa shape index (κ1) is 17.1. The van der Waals surface area contributed by atoms with Crippen molar-refractivity contribution in [3.63, 3.8) is 0 Å². The summed E-state index contributed by atoms with van der Waals surface area (Å²) >= 11 is 0. The van der Waals surface area contributed by atoms with Gasteiger partial charge in [0.15, 0.2) is 5.82 Å². The highest BCUT2D eigenvalue weighted by molar-refractivity contribution is 5.93. The van der Waals surface area contributed by atoms with Gasteiger partial charge in [0, 0.05) is 36.9 Å². The maximum Gasteiger partial charge on any atom is 0.153 e. The van der Waals surface area contributed by atoms with Crippen molar-refractivity contribution in [1.29, 1.82) is 0 Å². The van der Waals surface area contributed by atoms with Crippen molar-refractivity contribution >= 4 is 16.7 Å². The summed E-state index contributed by atoms with van der Waals surface area (Å²) in [5, 5.41) is 1.36. The number of aromatic nitrogens is 2. The molecule has 0 N–H and O–H groups in total. The van der Waals surface area contributed by atoms with E-state index in [1.54, 1.807) is 0 Å². The highest BCUT2D eigenvalue weighted by Gasteiger charge is 2.22. The average Bonchev–Trinajstić information content (AvgIpc) is 2.93. The first-order chi connectivity index (χ1) is 12.7. The minimum atomic E-state index is 0.959. The van der Waals surface area contributed by atoms with Crippen molar-refractivity contribution in [3.05, 3.63) is 58.9 Å². The predicted octanol–water partition coefficient (Wildman–Crippen LogP) is 5.41. The van der Waals surface area contributed by atoms with E-state index in [0.29, 0.717) is 0 Å². The number of hydrogen-bond donors (Lipinski definition) is 0. The quantitative estimate of drug-likeness (QED) is 0.576. The fraction of sp³-hybridized carbons (Fsp3) is 0.435. The molecule has 2 aromatic heterocycles. The number of fused-ring (bicyclic) bond motifs is 2. The lowest BCUT2D eigenvalue weighted by molar-refractivity contribution is 0.604. The normalized spacial score (nSPS) is 14.0. The molecule has 0 radical (unpaired) electrons. The van der Waals surface area contributed by atoms with Crippen LogP contribution in [0.5, 0.6) is 0 Å². The largest absolute Gasteiger partial charge is 0.350 e. The Bertz CT molecular complexity index is 923. The van der Waals surface area contributed by atoms with Crippen molar-refractivity contribution in [3.8, 4) is 0 Å². The minimum Gasteiger partial charge on any atom is -0.350 e. The molecule has 0 spiro atoms. The van der Waals surface area contributed by atoms with Gasteiger partial charge in [-0.05, 0) is 49.4 Å². The second-order valence-electron chi connectivity index (χ2n) is 7.54.